The topological polar surface area (TPSA) is 39.1 Å². The van der Waals surface area contributed by atoms with Crippen LogP contribution in [0, 0.1) is 5.92 Å². The van der Waals surface area contributed by atoms with Gasteiger partial charge in [-0.25, -0.2) is 0 Å². The molecule has 0 saturated carbocycles. The van der Waals surface area contributed by atoms with Crippen molar-refractivity contribution in [2.75, 3.05) is 19.7 Å². The average molecular weight is 181 g/mol. The van der Waals surface area contributed by atoms with E-state index in [0.29, 0.717) is 5.92 Å². The van der Waals surface area contributed by atoms with Crippen molar-refractivity contribution in [1.29, 1.82) is 0 Å². The van der Waals surface area contributed by atoms with Crippen molar-refractivity contribution in [3.05, 3.63) is 12.4 Å². The lowest BCUT2D eigenvalue weighted by Gasteiger charge is -2.26. The molecule has 2 rings (SSSR count). The molecular weight excluding hydrogens is 166 g/mol. The third-order valence-corrected chi connectivity index (χ3v) is 2.29. The molecule has 0 radical (unpaired) electrons. The first-order valence-corrected chi connectivity index (χ1v) is 4.74. The molecule has 0 unspecified atom stereocenters. The molecule has 1 N–H and O–H groups in total. The van der Waals surface area contributed by atoms with Gasteiger partial charge in [0, 0.05) is 25.6 Å². The summed E-state index contributed by atoms with van der Waals surface area (Å²) >= 11 is 0. The van der Waals surface area contributed by atoms with E-state index in [2.05, 4.69) is 17.3 Å². The number of aromatic nitrogens is 2. The van der Waals surface area contributed by atoms with E-state index >= 15 is 0 Å². The predicted octanol–water partition coefficient (Wildman–Crippen LogP) is 0.501. The highest BCUT2D eigenvalue weighted by molar-refractivity contribution is 5.11. The second kappa shape index (κ2) is 3.79. The minimum Gasteiger partial charge on any atom is -0.490 e. The fraction of sp³-hybridized carbons (Fsp3) is 0.667. The average Bonchev–Trinajstić information content (AvgIpc) is 2.49. The van der Waals surface area contributed by atoms with E-state index in [0.717, 1.165) is 32.0 Å². The molecule has 2 heterocycles. The number of ether oxygens (including phenoxy) is 1. The molecule has 1 aromatic heterocycles. The van der Waals surface area contributed by atoms with E-state index in [-0.39, 0.29) is 0 Å². The highest BCUT2D eigenvalue weighted by atomic mass is 16.5. The molecule has 72 valence electrons. The molecule has 1 fully saturated rings. The smallest absolute Gasteiger partial charge is 0.157 e. The molecule has 0 bridgehead atoms. The number of hydrogen-bond acceptors (Lipinski definition) is 3. The Kier molecular flexibility index (Phi) is 2.49. The summed E-state index contributed by atoms with van der Waals surface area (Å²) in [6.45, 7) is 5.94. The largest absolute Gasteiger partial charge is 0.490 e. The van der Waals surface area contributed by atoms with Crippen LogP contribution in [-0.4, -0.2) is 29.5 Å². The molecule has 0 aliphatic carbocycles. The molecule has 0 amide bonds. The Hall–Kier alpha value is -1.03. The van der Waals surface area contributed by atoms with Crippen LogP contribution in [0.25, 0.3) is 0 Å². The van der Waals surface area contributed by atoms with Crippen LogP contribution in [0.5, 0.6) is 5.75 Å². The zero-order valence-electron chi connectivity index (χ0n) is 7.86. The third-order valence-electron chi connectivity index (χ3n) is 2.29. The summed E-state index contributed by atoms with van der Waals surface area (Å²) in [6, 6.07) is 0. The summed E-state index contributed by atoms with van der Waals surface area (Å²) in [5.74, 6) is 1.57. The van der Waals surface area contributed by atoms with Crippen LogP contribution in [0.3, 0.4) is 0 Å². The molecule has 1 aromatic rings. The van der Waals surface area contributed by atoms with Crippen LogP contribution in [-0.2, 0) is 6.54 Å². The van der Waals surface area contributed by atoms with Gasteiger partial charge in [-0.1, -0.05) is 0 Å². The van der Waals surface area contributed by atoms with E-state index in [4.69, 9.17) is 4.74 Å². The molecule has 0 spiro atoms. The van der Waals surface area contributed by atoms with Crippen LogP contribution in [0.4, 0.5) is 0 Å². The SMILES string of the molecule is CCn1cc(OCC2CNC2)cn1. The monoisotopic (exact) mass is 181 g/mol. The molecule has 4 heteroatoms. The third kappa shape index (κ3) is 2.01. The van der Waals surface area contributed by atoms with Gasteiger partial charge >= 0.3 is 0 Å². The fourth-order valence-corrected chi connectivity index (χ4v) is 1.27. The van der Waals surface area contributed by atoms with E-state index in [1.807, 2.05) is 10.9 Å². The van der Waals surface area contributed by atoms with Gasteiger partial charge in [-0.05, 0) is 6.92 Å². The summed E-state index contributed by atoms with van der Waals surface area (Å²) < 4.78 is 7.44. The van der Waals surface area contributed by atoms with Gasteiger partial charge in [-0.3, -0.25) is 4.68 Å². The maximum absolute atomic E-state index is 5.57. The van der Waals surface area contributed by atoms with Crippen molar-refractivity contribution in [2.24, 2.45) is 5.92 Å². The first-order valence-electron chi connectivity index (χ1n) is 4.74. The Labute approximate surface area is 77.9 Å². The minimum atomic E-state index is 0.685. The summed E-state index contributed by atoms with van der Waals surface area (Å²) in [6.07, 6.45) is 3.71. The number of hydrogen-bond donors (Lipinski definition) is 1. The van der Waals surface area contributed by atoms with Crippen molar-refractivity contribution < 1.29 is 4.74 Å². The van der Waals surface area contributed by atoms with E-state index < -0.39 is 0 Å². The highest BCUT2D eigenvalue weighted by Gasteiger charge is 2.17. The lowest BCUT2D eigenvalue weighted by Crippen LogP contribution is -2.45. The van der Waals surface area contributed by atoms with Crippen molar-refractivity contribution in [3.63, 3.8) is 0 Å². The lowest BCUT2D eigenvalue weighted by molar-refractivity contribution is 0.199. The van der Waals surface area contributed by atoms with Gasteiger partial charge in [0.1, 0.15) is 0 Å². The standard InChI is InChI=1S/C9H15N3O/c1-2-12-6-9(5-11-12)13-7-8-3-10-4-8/h5-6,8,10H,2-4,7H2,1H3. The van der Waals surface area contributed by atoms with Gasteiger partial charge in [0.25, 0.3) is 0 Å². The number of aryl methyl sites for hydroxylation is 1. The van der Waals surface area contributed by atoms with Gasteiger partial charge in [-0.15, -0.1) is 0 Å². The molecule has 0 aromatic carbocycles. The maximum atomic E-state index is 5.57. The van der Waals surface area contributed by atoms with Crippen LogP contribution < -0.4 is 10.1 Å². The van der Waals surface area contributed by atoms with E-state index in [1.54, 1.807) is 6.20 Å². The number of nitrogens with zero attached hydrogens (tertiary/aromatic N) is 2. The normalized spacial score (nSPS) is 17.0. The Morgan fingerprint density at radius 3 is 3.08 bits per heavy atom. The molecular formula is C9H15N3O. The molecule has 13 heavy (non-hydrogen) atoms. The van der Waals surface area contributed by atoms with Crippen molar-refractivity contribution in [1.82, 2.24) is 15.1 Å². The second-order valence-electron chi connectivity index (χ2n) is 3.37. The van der Waals surface area contributed by atoms with Gasteiger partial charge in [0.2, 0.25) is 0 Å². The van der Waals surface area contributed by atoms with Gasteiger partial charge in [0.05, 0.1) is 19.0 Å². The maximum Gasteiger partial charge on any atom is 0.157 e. The second-order valence-corrected chi connectivity index (χ2v) is 3.37. The van der Waals surface area contributed by atoms with Crippen molar-refractivity contribution >= 4 is 0 Å². The quantitative estimate of drug-likeness (QED) is 0.735. The van der Waals surface area contributed by atoms with Crippen LogP contribution >= 0.6 is 0 Å². The van der Waals surface area contributed by atoms with Crippen molar-refractivity contribution in [3.8, 4) is 5.75 Å². The first kappa shape index (κ1) is 8.56. The van der Waals surface area contributed by atoms with Crippen LogP contribution in [0.15, 0.2) is 12.4 Å². The summed E-state index contributed by atoms with van der Waals surface area (Å²) in [5, 5.41) is 7.35. The lowest BCUT2D eigenvalue weighted by atomic mass is 10.1. The Balaban J connectivity index is 1.79. The van der Waals surface area contributed by atoms with E-state index in [1.165, 1.54) is 0 Å². The summed E-state index contributed by atoms with van der Waals surface area (Å²) in [7, 11) is 0. The molecule has 0 atom stereocenters. The molecule has 1 aliphatic heterocycles. The fourth-order valence-electron chi connectivity index (χ4n) is 1.27. The highest BCUT2D eigenvalue weighted by Crippen LogP contribution is 2.11. The van der Waals surface area contributed by atoms with Crippen molar-refractivity contribution in [2.45, 2.75) is 13.5 Å². The van der Waals surface area contributed by atoms with Crippen LogP contribution in [0.2, 0.25) is 0 Å². The number of rotatable bonds is 4. The first-order chi connectivity index (χ1) is 6.38. The molecule has 1 aliphatic rings. The summed E-state index contributed by atoms with van der Waals surface area (Å²) in [5.41, 5.74) is 0. The van der Waals surface area contributed by atoms with Crippen LogP contribution in [0.1, 0.15) is 6.92 Å². The van der Waals surface area contributed by atoms with Gasteiger partial charge < -0.3 is 10.1 Å². The zero-order chi connectivity index (χ0) is 9.10. The van der Waals surface area contributed by atoms with Gasteiger partial charge in [-0.2, -0.15) is 5.10 Å². The number of nitrogens with one attached hydrogen (secondary N) is 1. The Bertz CT molecular complexity index is 268. The Morgan fingerprint density at radius 1 is 1.69 bits per heavy atom. The molecule has 1 saturated heterocycles. The Morgan fingerprint density at radius 2 is 2.54 bits per heavy atom. The van der Waals surface area contributed by atoms with E-state index in [9.17, 15) is 0 Å². The summed E-state index contributed by atoms with van der Waals surface area (Å²) in [4.78, 5) is 0. The minimum absolute atomic E-state index is 0.685. The predicted molar refractivity (Wildman–Crippen MR) is 49.8 cm³/mol. The van der Waals surface area contributed by atoms with Gasteiger partial charge in [0.15, 0.2) is 5.75 Å². The zero-order valence-corrected chi connectivity index (χ0v) is 7.86. The molecule has 4 nitrogen and oxygen atoms in total.